The topological polar surface area (TPSA) is 25.8 Å². The SMILES string of the molecule is Cc1cc(Cl)nc(-c2ccc(C(C)(C)C)cc2)n1. The van der Waals surface area contributed by atoms with Crippen LogP contribution in [0, 0.1) is 6.92 Å². The molecule has 0 aliphatic heterocycles. The molecule has 0 amide bonds. The van der Waals surface area contributed by atoms with Crippen LogP contribution in [0.1, 0.15) is 32.0 Å². The van der Waals surface area contributed by atoms with Crippen LogP contribution in [-0.4, -0.2) is 9.97 Å². The van der Waals surface area contributed by atoms with Crippen molar-refractivity contribution in [3.05, 3.63) is 46.7 Å². The molecule has 0 bridgehead atoms. The van der Waals surface area contributed by atoms with Gasteiger partial charge in [-0.2, -0.15) is 0 Å². The second kappa shape index (κ2) is 4.69. The van der Waals surface area contributed by atoms with Gasteiger partial charge in [-0.3, -0.25) is 0 Å². The molecule has 0 N–H and O–H groups in total. The zero-order chi connectivity index (χ0) is 13.3. The number of hydrogen-bond donors (Lipinski definition) is 0. The summed E-state index contributed by atoms with van der Waals surface area (Å²) in [4.78, 5) is 8.65. The predicted molar refractivity (Wildman–Crippen MR) is 75.9 cm³/mol. The van der Waals surface area contributed by atoms with Crippen LogP contribution < -0.4 is 0 Å². The first-order chi connectivity index (χ1) is 8.36. The van der Waals surface area contributed by atoms with Crippen LogP contribution in [0.3, 0.4) is 0 Å². The summed E-state index contributed by atoms with van der Waals surface area (Å²) in [6.07, 6.45) is 0. The van der Waals surface area contributed by atoms with Gasteiger partial charge >= 0.3 is 0 Å². The minimum absolute atomic E-state index is 0.156. The predicted octanol–water partition coefficient (Wildman–Crippen LogP) is 4.40. The number of aromatic nitrogens is 2. The average Bonchev–Trinajstić information content (AvgIpc) is 2.27. The summed E-state index contributed by atoms with van der Waals surface area (Å²) in [7, 11) is 0. The molecule has 0 radical (unpaired) electrons. The first-order valence-electron chi connectivity index (χ1n) is 5.98. The minimum Gasteiger partial charge on any atom is -0.233 e. The second-order valence-electron chi connectivity index (χ2n) is 5.48. The second-order valence-corrected chi connectivity index (χ2v) is 5.87. The summed E-state index contributed by atoms with van der Waals surface area (Å²) in [6.45, 7) is 8.51. The molecule has 18 heavy (non-hydrogen) atoms. The maximum absolute atomic E-state index is 5.95. The number of halogens is 1. The first kappa shape index (κ1) is 13.0. The molecular weight excluding hydrogens is 244 g/mol. The molecule has 2 aromatic rings. The van der Waals surface area contributed by atoms with Gasteiger partial charge in [-0.05, 0) is 24.0 Å². The van der Waals surface area contributed by atoms with E-state index in [0.29, 0.717) is 11.0 Å². The smallest absolute Gasteiger partial charge is 0.161 e. The van der Waals surface area contributed by atoms with E-state index in [2.05, 4.69) is 42.9 Å². The zero-order valence-corrected chi connectivity index (χ0v) is 11.9. The van der Waals surface area contributed by atoms with Crippen LogP contribution in [0.15, 0.2) is 30.3 Å². The van der Waals surface area contributed by atoms with Gasteiger partial charge in [0.15, 0.2) is 5.82 Å². The van der Waals surface area contributed by atoms with E-state index in [4.69, 9.17) is 11.6 Å². The highest BCUT2D eigenvalue weighted by molar-refractivity contribution is 6.29. The third-order valence-corrected chi connectivity index (χ3v) is 3.03. The fraction of sp³-hybridized carbons (Fsp3) is 0.333. The van der Waals surface area contributed by atoms with Crippen molar-refractivity contribution in [3.63, 3.8) is 0 Å². The Morgan fingerprint density at radius 3 is 2.11 bits per heavy atom. The van der Waals surface area contributed by atoms with Crippen LogP contribution in [0.5, 0.6) is 0 Å². The molecular formula is C15H17ClN2. The van der Waals surface area contributed by atoms with E-state index in [-0.39, 0.29) is 5.41 Å². The van der Waals surface area contributed by atoms with Gasteiger partial charge in [0, 0.05) is 11.3 Å². The number of aryl methyl sites for hydroxylation is 1. The normalized spacial score (nSPS) is 11.6. The lowest BCUT2D eigenvalue weighted by atomic mass is 9.87. The van der Waals surface area contributed by atoms with Crippen LogP contribution in [0.4, 0.5) is 0 Å². The van der Waals surface area contributed by atoms with Crippen LogP contribution >= 0.6 is 11.6 Å². The number of hydrogen-bond acceptors (Lipinski definition) is 2. The van der Waals surface area contributed by atoms with Crippen molar-refractivity contribution in [3.8, 4) is 11.4 Å². The highest BCUT2D eigenvalue weighted by atomic mass is 35.5. The third kappa shape index (κ3) is 2.88. The fourth-order valence-electron chi connectivity index (χ4n) is 1.78. The van der Waals surface area contributed by atoms with E-state index >= 15 is 0 Å². The lowest BCUT2D eigenvalue weighted by Gasteiger charge is -2.19. The van der Waals surface area contributed by atoms with Crippen molar-refractivity contribution >= 4 is 11.6 Å². The Bertz CT molecular complexity index is 533. The van der Waals surface area contributed by atoms with Gasteiger partial charge in [0.2, 0.25) is 0 Å². The highest BCUT2D eigenvalue weighted by Crippen LogP contribution is 2.25. The molecule has 1 aromatic carbocycles. The Balaban J connectivity index is 2.40. The fourth-order valence-corrected chi connectivity index (χ4v) is 2.02. The molecule has 0 fully saturated rings. The minimum atomic E-state index is 0.156. The summed E-state index contributed by atoms with van der Waals surface area (Å²) in [5.41, 5.74) is 3.33. The quantitative estimate of drug-likeness (QED) is 0.710. The zero-order valence-electron chi connectivity index (χ0n) is 11.2. The number of rotatable bonds is 1. The molecule has 1 aromatic heterocycles. The van der Waals surface area contributed by atoms with Crippen molar-refractivity contribution in [2.24, 2.45) is 0 Å². The largest absolute Gasteiger partial charge is 0.233 e. The van der Waals surface area contributed by atoms with Gasteiger partial charge in [0.05, 0.1) is 0 Å². The molecule has 0 saturated carbocycles. The molecule has 0 atom stereocenters. The molecule has 94 valence electrons. The molecule has 3 heteroatoms. The lowest BCUT2D eigenvalue weighted by Crippen LogP contribution is -2.10. The first-order valence-corrected chi connectivity index (χ1v) is 6.36. The van der Waals surface area contributed by atoms with E-state index < -0.39 is 0 Å². The molecule has 0 unspecified atom stereocenters. The molecule has 0 aliphatic rings. The Hall–Kier alpha value is -1.41. The van der Waals surface area contributed by atoms with Crippen molar-refractivity contribution in [1.82, 2.24) is 9.97 Å². The maximum Gasteiger partial charge on any atom is 0.161 e. The van der Waals surface area contributed by atoms with Gasteiger partial charge in [0.1, 0.15) is 5.15 Å². The summed E-state index contributed by atoms with van der Waals surface area (Å²) < 4.78 is 0. The van der Waals surface area contributed by atoms with Crippen molar-refractivity contribution in [2.45, 2.75) is 33.1 Å². The standard InChI is InChI=1S/C15H17ClN2/c1-10-9-13(16)18-14(17-10)11-5-7-12(8-6-11)15(2,3)4/h5-9H,1-4H3. The Kier molecular flexibility index (Phi) is 3.40. The molecule has 2 nitrogen and oxygen atoms in total. The van der Waals surface area contributed by atoms with E-state index in [1.54, 1.807) is 6.07 Å². The van der Waals surface area contributed by atoms with E-state index in [0.717, 1.165) is 11.3 Å². The number of nitrogens with zero attached hydrogens (tertiary/aromatic N) is 2. The van der Waals surface area contributed by atoms with Crippen molar-refractivity contribution in [1.29, 1.82) is 0 Å². The number of benzene rings is 1. The summed E-state index contributed by atoms with van der Waals surface area (Å²) in [5.74, 6) is 0.681. The highest BCUT2D eigenvalue weighted by Gasteiger charge is 2.13. The summed E-state index contributed by atoms with van der Waals surface area (Å²) in [5, 5.41) is 0.484. The summed E-state index contributed by atoms with van der Waals surface area (Å²) >= 11 is 5.95. The maximum atomic E-state index is 5.95. The Morgan fingerprint density at radius 2 is 1.61 bits per heavy atom. The third-order valence-electron chi connectivity index (χ3n) is 2.83. The van der Waals surface area contributed by atoms with Crippen LogP contribution in [0.25, 0.3) is 11.4 Å². The van der Waals surface area contributed by atoms with Gasteiger partial charge < -0.3 is 0 Å². The van der Waals surface area contributed by atoms with Crippen LogP contribution in [0.2, 0.25) is 5.15 Å². The average molecular weight is 261 g/mol. The van der Waals surface area contributed by atoms with Crippen molar-refractivity contribution < 1.29 is 0 Å². The monoisotopic (exact) mass is 260 g/mol. The Morgan fingerprint density at radius 1 is 1.00 bits per heavy atom. The molecule has 0 spiro atoms. The van der Waals surface area contributed by atoms with Gasteiger partial charge in [-0.25, -0.2) is 9.97 Å². The van der Waals surface area contributed by atoms with Crippen LogP contribution in [-0.2, 0) is 5.41 Å². The molecule has 0 aliphatic carbocycles. The van der Waals surface area contributed by atoms with Gasteiger partial charge in [0.25, 0.3) is 0 Å². The molecule has 1 heterocycles. The van der Waals surface area contributed by atoms with Gasteiger partial charge in [-0.15, -0.1) is 0 Å². The Labute approximate surface area is 113 Å². The van der Waals surface area contributed by atoms with Crippen molar-refractivity contribution in [2.75, 3.05) is 0 Å². The van der Waals surface area contributed by atoms with E-state index in [1.165, 1.54) is 5.56 Å². The molecule has 0 saturated heterocycles. The lowest BCUT2D eigenvalue weighted by molar-refractivity contribution is 0.590. The summed E-state index contributed by atoms with van der Waals surface area (Å²) in [6, 6.07) is 10.1. The van der Waals surface area contributed by atoms with E-state index in [9.17, 15) is 0 Å². The molecule has 2 rings (SSSR count). The van der Waals surface area contributed by atoms with Gasteiger partial charge in [-0.1, -0.05) is 56.6 Å². The van der Waals surface area contributed by atoms with E-state index in [1.807, 2.05) is 19.1 Å².